The number of sulfonamides is 1. The van der Waals surface area contributed by atoms with Gasteiger partial charge in [-0.05, 0) is 37.6 Å². The molecular weight excluding hydrogens is 380 g/mol. The van der Waals surface area contributed by atoms with Crippen LogP contribution < -0.4 is 19.5 Å². The number of amides is 1. The van der Waals surface area contributed by atoms with Gasteiger partial charge in [0, 0.05) is 17.7 Å². The first kappa shape index (κ1) is 21.7. The molecular formula is C20H26N2O5S. The van der Waals surface area contributed by atoms with Gasteiger partial charge < -0.3 is 14.8 Å². The number of ether oxygens (including phenoxy) is 2. The lowest BCUT2D eigenvalue weighted by molar-refractivity contribution is 0.0939. The maximum absolute atomic E-state index is 12.7. The quantitative estimate of drug-likeness (QED) is 0.668. The van der Waals surface area contributed by atoms with E-state index < -0.39 is 15.9 Å². The highest BCUT2D eigenvalue weighted by atomic mass is 32.2. The van der Waals surface area contributed by atoms with Gasteiger partial charge >= 0.3 is 0 Å². The standard InChI is InChI=1S/C20H26N2O5S/c1-5-12-21-28(24,25)19-13-15(10-11-18(19)27-4)20(23)22-14(2)16-8-6-7-9-17(16)26-3/h6-11,13-14,21H,5,12H2,1-4H3,(H,22,23)/t14-/m0/s1. The van der Waals surface area contributed by atoms with Gasteiger partial charge in [-0.25, -0.2) is 13.1 Å². The maximum Gasteiger partial charge on any atom is 0.251 e. The van der Waals surface area contributed by atoms with Crippen molar-refractivity contribution in [1.29, 1.82) is 0 Å². The van der Waals surface area contributed by atoms with Gasteiger partial charge in [0.15, 0.2) is 0 Å². The number of methoxy groups -OCH3 is 2. The monoisotopic (exact) mass is 406 g/mol. The van der Waals surface area contributed by atoms with Crippen LogP contribution in [0, 0.1) is 0 Å². The van der Waals surface area contributed by atoms with Crippen molar-refractivity contribution in [3.8, 4) is 11.5 Å². The second kappa shape index (κ2) is 9.57. The molecule has 152 valence electrons. The van der Waals surface area contributed by atoms with Crippen LogP contribution in [0.1, 0.15) is 42.2 Å². The Kier molecular flexibility index (Phi) is 7.42. The minimum Gasteiger partial charge on any atom is -0.496 e. The van der Waals surface area contributed by atoms with Gasteiger partial charge in [0.1, 0.15) is 16.4 Å². The molecule has 2 rings (SSSR count). The molecule has 0 bridgehead atoms. The zero-order valence-electron chi connectivity index (χ0n) is 16.5. The molecule has 8 heteroatoms. The number of hydrogen-bond donors (Lipinski definition) is 2. The summed E-state index contributed by atoms with van der Waals surface area (Å²) >= 11 is 0. The Bertz CT molecular complexity index is 928. The molecule has 0 radical (unpaired) electrons. The van der Waals surface area contributed by atoms with Crippen molar-refractivity contribution >= 4 is 15.9 Å². The molecule has 0 aliphatic rings. The number of nitrogens with one attached hydrogen (secondary N) is 2. The normalized spacial score (nSPS) is 12.3. The zero-order chi connectivity index (χ0) is 20.7. The first-order valence-corrected chi connectivity index (χ1v) is 10.4. The first-order valence-electron chi connectivity index (χ1n) is 8.95. The molecule has 28 heavy (non-hydrogen) atoms. The van der Waals surface area contributed by atoms with Crippen molar-refractivity contribution in [3.05, 3.63) is 53.6 Å². The van der Waals surface area contributed by atoms with E-state index in [0.717, 1.165) is 5.56 Å². The predicted octanol–water partition coefficient (Wildman–Crippen LogP) is 2.88. The summed E-state index contributed by atoms with van der Waals surface area (Å²) in [4.78, 5) is 12.6. The molecule has 0 heterocycles. The Morgan fingerprint density at radius 2 is 1.75 bits per heavy atom. The molecule has 0 unspecified atom stereocenters. The molecule has 0 aliphatic heterocycles. The smallest absolute Gasteiger partial charge is 0.251 e. The molecule has 1 amide bonds. The van der Waals surface area contributed by atoms with Gasteiger partial charge in [-0.2, -0.15) is 0 Å². The summed E-state index contributed by atoms with van der Waals surface area (Å²) in [6.45, 7) is 4.00. The molecule has 0 spiro atoms. The zero-order valence-corrected chi connectivity index (χ0v) is 17.3. The number of hydrogen-bond acceptors (Lipinski definition) is 5. The van der Waals surface area contributed by atoms with Crippen molar-refractivity contribution < 1.29 is 22.7 Å². The Morgan fingerprint density at radius 1 is 1.07 bits per heavy atom. The minimum atomic E-state index is -3.79. The Labute approximate surface area is 166 Å². The van der Waals surface area contributed by atoms with Crippen LogP contribution in [0.2, 0.25) is 0 Å². The highest BCUT2D eigenvalue weighted by molar-refractivity contribution is 7.89. The Hall–Kier alpha value is -2.58. The molecule has 2 aromatic carbocycles. The predicted molar refractivity (Wildman–Crippen MR) is 107 cm³/mol. The van der Waals surface area contributed by atoms with Crippen molar-refractivity contribution in [2.75, 3.05) is 20.8 Å². The molecule has 0 saturated heterocycles. The number of carbonyl (C=O) groups is 1. The highest BCUT2D eigenvalue weighted by Crippen LogP contribution is 2.27. The van der Waals surface area contributed by atoms with Crippen LogP contribution >= 0.6 is 0 Å². The summed E-state index contributed by atoms with van der Waals surface area (Å²) in [6, 6.07) is 11.4. The fourth-order valence-corrected chi connectivity index (χ4v) is 4.05. The van der Waals surface area contributed by atoms with Gasteiger partial charge in [-0.3, -0.25) is 4.79 Å². The molecule has 0 saturated carbocycles. The summed E-state index contributed by atoms with van der Waals surface area (Å²) in [5.74, 6) is 0.447. The fourth-order valence-electron chi connectivity index (χ4n) is 2.72. The van der Waals surface area contributed by atoms with Crippen LogP contribution in [0.25, 0.3) is 0 Å². The average molecular weight is 407 g/mol. The fraction of sp³-hybridized carbons (Fsp3) is 0.350. The van der Waals surface area contributed by atoms with Crippen molar-refractivity contribution in [1.82, 2.24) is 10.0 Å². The molecule has 2 aromatic rings. The van der Waals surface area contributed by atoms with Crippen LogP contribution in [0.5, 0.6) is 11.5 Å². The third-order valence-electron chi connectivity index (χ3n) is 4.21. The lowest BCUT2D eigenvalue weighted by Crippen LogP contribution is -2.28. The van der Waals surface area contributed by atoms with Gasteiger partial charge in [-0.15, -0.1) is 0 Å². The topological polar surface area (TPSA) is 93.7 Å². The van der Waals surface area contributed by atoms with Crippen LogP contribution in [0.15, 0.2) is 47.4 Å². The second-order valence-electron chi connectivity index (χ2n) is 6.20. The third-order valence-corrected chi connectivity index (χ3v) is 5.69. The van der Waals surface area contributed by atoms with E-state index >= 15 is 0 Å². The van der Waals surface area contributed by atoms with E-state index in [4.69, 9.17) is 9.47 Å². The van der Waals surface area contributed by atoms with Crippen LogP contribution in [-0.2, 0) is 10.0 Å². The molecule has 0 aliphatic carbocycles. The van der Waals surface area contributed by atoms with E-state index in [0.29, 0.717) is 18.7 Å². The van der Waals surface area contributed by atoms with E-state index in [1.54, 1.807) is 7.11 Å². The van der Waals surface area contributed by atoms with Gasteiger partial charge in [-0.1, -0.05) is 25.1 Å². The maximum atomic E-state index is 12.7. The summed E-state index contributed by atoms with van der Waals surface area (Å²) in [5, 5.41) is 2.87. The molecule has 0 aromatic heterocycles. The summed E-state index contributed by atoms with van der Waals surface area (Å²) < 4.78 is 38.0. The van der Waals surface area contributed by atoms with Crippen molar-refractivity contribution in [2.24, 2.45) is 0 Å². The molecule has 0 fully saturated rings. The minimum absolute atomic E-state index is 0.0685. The number of carbonyl (C=O) groups excluding carboxylic acids is 1. The highest BCUT2D eigenvalue weighted by Gasteiger charge is 2.22. The van der Waals surface area contributed by atoms with Gasteiger partial charge in [0.2, 0.25) is 10.0 Å². The number of rotatable bonds is 9. The summed E-state index contributed by atoms with van der Waals surface area (Å²) in [6.07, 6.45) is 0.651. The van der Waals surface area contributed by atoms with Crippen molar-refractivity contribution in [3.63, 3.8) is 0 Å². The van der Waals surface area contributed by atoms with E-state index in [1.165, 1.54) is 25.3 Å². The molecule has 7 nitrogen and oxygen atoms in total. The van der Waals surface area contributed by atoms with Gasteiger partial charge in [0.25, 0.3) is 5.91 Å². The molecule has 1 atom stereocenters. The Balaban J connectivity index is 2.29. The van der Waals surface area contributed by atoms with E-state index in [1.807, 2.05) is 38.1 Å². The largest absolute Gasteiger partial charge is 0.496 e. The second-order valence-corrected chi connectivity index (χ2v) is 7.94. The van der Waals surface area contributed by atoms with Crippen LogP contribution in [0.4, 0.5) is 0 Å². The average Bonchev–Trinajstić information content (AvgIpc) is 2.71. The van der Waals surface area contributed by atoms with Crippen LogP contribution in [-0.4, -0.2) is 35.1 Å². The summed E-state index contributed by atoms with van der Waals surface area (Å²) in [5.41, 5.74) is 1.05. The third kappa shape index (κ3) is 5.02. The van der Waals surface area contributed by atoms with Crippen LogP contribution in [0.3, 0.4) is 0 Å². The number of benzene rings is 2. The SMILES string of the molecule is CCCNS(=O)(=O)c1cc(C(=O)N[C@@H](C)c2ccccc2OC)ccc1OC. The number of para-hydroxylation sites is 1. The lowest BCUT2D eigenvalue weighted by atomic mass is 10.1. The van der Waals surface area contributed by atoms with E-state index in [9.17, 15) is 13.2 Å². The summed E-state index contributed by atoms with van der Waals surface area (Å²) in [7, 11) is -0.834. The Morgan fingerprint density at radius 3 is 2.39 bits per heavy atom. The first-order chi connectivity index (χ1) is 13.3. The van der Waals surface area contributed by atoms with Gasteiger partial charge in [0.05, 0.1) is 20.3 Å². The molecule has 2 N–H and O–H groups in total. The van der Waals surface area contributed by atoms with E-state index in [-0.39, 0.29) is 22.3 Å². The lowest BCUT2D eigenvalue weighted by Gasteiger charge is -2.18. The van der Waals surface area contributed by atoms with E-state index in [2.05, 4.69) is 10.0 Å². The van der Waals surface area contributed by atoms with Crippen molar-refractivity contribution in [2.45, 2.75) is 31.2 Å².